The summed E-state index contributed by atoms with van der Waals surface area (Å²) in [7, 11) is 1.61. The van der Waals surface area contributed by atoms with Crippen molar-refractivity contribution in [1.29, 1.82) is 0 Å². The molecule has 21 heavy (non-hydrogen) atoms. The normalized spacial score (nSPS) is 22.1. The van der Waals surface area contributed by atoms with Crippen molar-refractivity contribution in [3.63, 3.8) is 0 Å². The number of amides is 1. The molecule has 0 unspecified atom stereocenters. The van der Waals surface area contributed by atoms with Crippen LogP contribution < -0.4 is 0 Å². The highest BCUT2D eigenvalue weighted by atomic mass is 79.9. The Morgan fingerprint density at radius 3 is 2.81 bits per heavy atom. The number of rotatable bonds is 2. The van der Waals surface area contributed by atoms with Gasteiger partial charge in [-0.05, 0) is 18.2 Å². The van der Waals surface area contributed by atoms with Gasteiger partial charge in [-0.3, -0.25) is 4.79 Å². The molecule has 0 radical (unpaired) electrons. The molecule has 1 amide bonds. The summed E-state index contributed by atoms with van der Waals surface area (Å²) in [4.78, 5) is 13.4. The fourth-order valence-electron chi connectivity index (χ4n) is 2.39. The Morgan fingerprint density at radius 1 is 1.43 bits per heavy atom. The fraction of sp³-hybridized carbons (Fsp3) is 0.286. The van der Waals surface area contributed by atoms with Crippen LogP contribution in [-0.2, 0) is 10.4 Å². The third kappa shape index (κ3) is 2.36. The first-order chi connectivity index (χ1) is 9.90. The summed E-state index contributed by atoms with van der Waals surface area (Å²) < 4.78 is 19.1. The monoisotopic (exact) mass is 354 g/mol. The molecule has 3 rings (SSSR count). The fourth-order valence-corrected chi connectivity index (χ4v) is 2.86. The molecule has 2 aromatic rings. The first-order valence-electron chi connectivity index (χ1n) is 6.32. The summed E-state index contributed by atoms with van der Waals surface area (Å²) in [6.07, 6.45) is 0.240. The standard InChI is InChI=1S/C14H12BrFN2O3/c1-18-3-2-14(20,13(18)19)12-7-11(17-21-12)8-4-9(15)6-10(16)5-8/h4-7,20H,2-3H2,1H3/t14-/m1/s1. The van der Waals surface area contributed by atoms with E-state index in [0.717, 1.165) is 0 Å². The number of hydrogen-bond donors (Lipinski definition) is 1. The van der Waals surface area contributed by atoms with Crippen LogP contribution in [0.1, 0.15) is 12.2 Å². The number of nitrogens with zero attached hydrogens (tertiary/aromatic N) is 2. The van der Waals surface area contributed by atoms with E-state index in [2.05, 4.69) is 21.1 Å². The topological polar surface area (TPSA) is 66.6 Å². The van der Waals surface area contributed by atoms with Crippen LogP contribution in [0.15, 0.2) is 33.3 Å². The maximum absolute atomic E-state index is 13.4. The van der Waals surface area contributed by atoms with Crippen LogP contribution >= 0.6 is 15.9 Å². The predicted molar refractivity (Wildman–Crippen MR) is 75.7 cm³/mol. The van der Waals surface area contributed by atoms with E-state index in [-0.39, 0.29) is 12.2 Å². The van der Waals surface area contributed by atoms with Crippen molar-refractivity contribution in [2.45, 2.75) is 12.0 Å². The van der Waals surface area contributed by atoms with Gasteiger partial charge in [0.25, 0.3) is 5.91 Å². The second-order valence-electron chi connectivity index (χ2n) is 5.07. The Kier molecular flexibility index (Phi) is 3.33. The highest BCUT2D eigenvalue weighted by Gasteiger charge is 2.48. The lowest BCUT2D eigenvalue weighted by molar-refractivity contribution is -0.144. The van der Waals surface area contributed by atoms with Gasteiger partial charge in [-0.15, -0.1) is 0 Å². The molecule has 1 aliphatic heterocycles. The van der Waals surface area contributed by atoms with Crippen molar-refractivity contribution in [2.75, 3.05) is 13.6 Å². The molecular formula is C14H12BrFN2O3. The van der Waals surface area contributed by atoms with Crippen molar-refractivity contribution < 1.29 is 18.8 Å². The zero-order valence-electron chi connectivity index (χ0n) is 11.1. The van der Waals surface area contributed by atoms with Gasteiger partial charge in [0.15, 0.2) is 5.76 Å². The van der Waals surface area contributed by atoms with Crippen LogP contribution in [0.5, 0.6) is 0 Å². The molecule has 5 nitrogen and oxygen atoms in total. The SMILES string of the molecule is CN1CC[C@@](O)(c2cc(-c3cc(F)cc(Br)c3)no2)C1=O. The third-order valence-corrected chi connectivity index (χ3v) is 4.04. The van der Waals surface area contributed by atoms with E-state index in [1.54, 1.807) is 13.1 Å². The number of benzene rings is 1. The maximum atomic E-state index is 13.4. The first kappa shape index (κ1) is 14.2. The molecule has 110 valence electrons. The quantitative estimate of drug-likeness (QED) is 0.898. The van der Waals surface area contributed by atoms with Crippen molar-refractivity contribution >= 4 is 21.8 Å². The van der Waals surface area contributed by atoms with Gasteiger partial charge in [-0.25, -0.2) is 4.39 Å². The zero-order valence-corrected chi connectivity index (χ0v) is 12.7. The number of carbonyl (C=O) groups excluding carboxylic acids is 1. The molecule has 1 aromatic heterocycles. The van der Waals surface area contributed by atoms with Crippen LogP contribution in [0.3, 0.4) is 0 Å². The summed E-state index contributed by atoms with van der Waals surface area (Å²) in [5.41, 5.74) is -0.829. The molecule has 2 heterocycles. The average Bonchev–Trinajstić information content (AvgIpc) is 3.00. The summed E-state index contributed by atoms with van der Waals surface area (Å²) in [5.74, 6) is -0.767. The molecule has 0 spiro atoms. The van der Waals surface area contributed by atoms with E-state index in [4.69, 9.17) is 4.52 Å². The molecular weight excluding hydrogens is 343 g/mol. The van der Waals surface area contributed by atoms with Crippen molar-refractivity contribution in [1.82, 2.24) is 10.1 Å². The van der Waals surface area contributed by atoms with Gasteiger partial charge < -0.3 is 14.5 Å². The lowest BCUT2D eigenvalue weighted by Gasteiger charge is -2.16. The van der Waals surface area contributed by atoms with Crippen LogP contribution in [-0.4, -0.2) is 34.7 Å². The zero-order chi connectivity index (χ0) is 15.2. The molecule has 1 fully saturated rings. The molecule has 0 aliphatic carbocycles. The van der Waals surface area contributed by atoms with Crippen LogP contribution in [0.25, 0.3) is 11.3 Å². The van der Waals surface area contributed by atoms with Gasteiger partial charge >= 0.3 is 0 Å². The van der Waals surface area contributed by atoms with Gasteiger partial charge in [0.1, 0.15) is 11.5 Å². The van der Waals surface area contributed by atoms with Gasteiger partial charge in [0.05, 0.1) is 0 Å². The van der Waals surface area contributed by atoms with E-state index in [9.17, 15) is 14.3 Å². The van der Waals surface area contributed by atoms with Gasteiger partial charge in [-0.2, -0.15) is 0 Å². The molecule has 1 saturated heterocycles. The van der Waals surface area contributed by atoms with Crippen LogP contribution in [0.4, 0.5) is 4.39 Å². The summed E-state index contributed by atoms with van der Waals surface area (Å²) in [5, 5.41) is 14.3. The number of aliphatic hydroxyl groups is 1. The minimum atomic E-state index is -1.69. The maximum Gasteiger partial charge on any atom is 0.262 e. The van der Waals surface area contributed by atoms with E-state index < -0.39 is 17.3 Å². The largest absolute Gasteiger partial charge is 0.373 e. The summed E-state index contributed by atoms with van der Waals surface area (Å²) >= 11 is 3.20. The van der Waals surface area contributed by atoms with Crippen LogP contribution in [0, 0.1) is 5.82 Å². The molecule has 1 atom stereocenters. The van der Waals surface area contributed by atoms with Gasteiger partial charge in [0, 0.05) is 36.1 Å². The number of halogens is 2. The Balaban J connectivity index is 1.99. The summed E-state index contributed by atoms with van der Waals surface area (Å²) in [6, 6.07) is 5.78. The van der Waals surface area contributed by atoms with E-state index in [1.165, 1.54) is 23.1 Å². The van der Waals surface area contributed by atoms with E-state index in [0.29, 0.717) is 22.3 Å². The number of likely N-dealkylation sites (N-methyl/N-ethyl adjacent to an activating group) is 1. The minimum Gasteiger partial charge on any atom is -0.373 e. The van der Waals surface area contributed by atoms with Crippen molar-refractivity contribution in [3.05, 3.63) is 40.3 Å². The molecule has 0 bridgehead atoms. The molecule has 1 aliphatic rings. The van der Waals surface area contributed by atoms with Crippen molar-refractivity contribution in [2.24, 2.45) is 0 Å². The Hall–Kier alpha value is -1.73. The summed E-state index contributed by atoms with van der Waals surface area (Å²) in [6.45, 7) is 0.441. The van der Waals surface area contributed by atoms with Crippen molar-refractivity contribution in [3.8, 4) is 11.3 Å². The number of aromatic nitrogens is 1. The Bertz CT molecular complexity index is 698. The lowest BCUT2D eigenvalue weighted by Crippen LogP contribution is -2.35. The average molecular weight is 355 g/mol. The first-order valence-corrected chi connectivity index (χ1v) is 7.11. The number of likely N-dealkylation sites (tertiary alicyclic amines) is 1. The van der Waals surface area contributed by atoms with E-state index in [1.807, 2.05) is 0 Å². The second kappa shape index (κ2) is 4.92. The highest BCUT2D eigenvalue weighted by Crippen LogP contribution is 2.35. The van der Waals surface area contributed by atoms with E-state index >= 15 is 0 Å². The predicted octanol–water partition coefficient (Wildman–Crippen LogP) is 2.29. The lowest BCUT2D eigenvalue weighted by atomic mass is 9.98. The minimum absolute atomic E-state index is 0.0761. The van der Waals surface area contributed by atoms with Gasteiger partial charge in [0.2, 0.25) is 5.60 Å². The smallest absolute Gasteiger partial charge is 0.262 e. The van der Waals surface area contributed by atoms with Gasteiger partial charge in [-0.1, -0.05) is 21.1 Å². The van der Waals surface area contributed by atoms with Crippen LogP contribution in [0.2, 0.25) is 0 Å². The molecule has 1 N–H and O–H groups in total. The molecule has 0 saturated carbocycles. The Morgan fingerprint density at radius 2 is 2.19 bits per heavy atom. The molecule has 7 heteroatoms. The number of carbonyl (C=O) groups is 1. The Labute approximate surface area is 128 Å². The second-order valence-corrected chi connectivity index (χ2v) is 5.99. The third-order valence-electron chi connectivity index (χ3n) is 3.59. The number of hydrogen-bond acceptors (Lipinski definition) is 4. The highest BCUT2D eigenvalue weighted by molar-refractivity contribution is 9.10. The molecule has 1 aromatic carbocycles.